The fraction of sp³-hybridized carbons (Fsp3) is 0.300. The fourth-order valence-corrected chi connectivity index (χ4v) is 3.16. The van der Waals surface area contributed by atoms with Crippen molar-refractivity contribution >= 4 is 11.6 Å². The molecule has 30 heavy (non-hydrogen) atoms. The van der Waals surface area contributed by atoms with Crippen molar-refractivity contribution in [1.29, 1.82) is 0 Å². The number of piperazine rings is 1. The minimum absolute atomic E-state index is 0.0656. The third-order valence-corrected chi connectivity index (χ3v) is 4.83. The first-order valence-electron chi connectivity index (χ1n) is 9.48. The highest BCUT2D eigenvalue weighted by Gasteiger charge is 2.16. The van der Waals surface area contributed by atoms with Gasteiger partial charge in [-0.15, -0.1) is 0 Å². The van der Waals surface area contributed by atoms with E-state index in [2.05, 4.69) is 15.3 Å². The Morgan fingerprint density at radius 2 is 1.87 bits per heavy atom. The van der Waals surface area contributed by atoms with Crippen molar-refractivity contribution < 1.29 is 18.3 Å². The SMILES string of the molecule is O=c1oc(Oc2ccc(Cl)cc2)nn1-c1ccc(OCCN2CCNCC2)cc1F. The summed E-state index contributed by atoms with van der Waals surface area (Å²) in [6.45, 7) is 5.05. The first-order valence-corrected chi connectivity index (χ1v) is 9.86. The van der Waals surface area contributed by atoms with Crippen molar-refractivity contribution in [2.75, 3.05) is 39.3 Å². The van der Waals surface area contributed by atoms with E-state index >= 15 is 0 Å². The number of aromatic nitrogens is 2. The lowest BCUT2D eigenvalue weighted by atomic mass is 10.3. The van der Waals surface area contributed by atoms with E-state index in [1.807, 2.05) is 0 Å². The zero-order valence-electron chi connectivity index (χ0n) is 16.0. The maximum absolute atomic E-state index is 14.6. The number of halogens is 2. The van der Waals surface area contributed by atoms with Crippen molar-refractivity contribution in [3.63, 3.8) is 0 Å². The molecule has 2 aromatic carbocycles. The highest BCUT2D eigenvalue weighted by molar-refractivity contribution is 6.30. The van der Waals surface area contributed by atoms with Crippen LogP contribution in [0.4, 0.5) is 4.39 Å². The molecule has 1 fully saturated rings. The summed E-state index contributed by atoms with van der Waals surface area (Å²) >= 11 is 5.82. The Hall–Kier alpha value is -2.88. The van der Waals surface area contributed by atoms with Crippen LogP contribution >= 0.6 is 11.6 Å². The van der Waals surface area contributed by atoms with Gasteiger partial charge in [-0.1, -0.05) is 16.7 Å². The molecule has 1 N–H and O–H groups in total. The van der Waals surface area contributed by atoms with E-state index in [1.54, 1.807) is 30.3 Å². The Morgan fingerprint density at radius 1 is 1.13 bits per heavy atom. The molecule has 4 rings (SSSR count). The molecule has 1 aromatic heterocycles. The second-order valence-electron chi connectivity index (χ2n) is 6.65. The van der Waals surface area contributed by atoms with Crippen molar-refractivity contribution in [3.8, 4) is 23.3 Å². The van der Waals surface area contributed by atoms with Gasteiger partial charge in [0.25, 0.3) is 0 Å². The molecule has 0 aliphatic carbocycles. The molecule has 3 aromatic rings. The molecule has 0 amide bonds. The fourth-order valence-electron chi connectivity index (χ4n) is 3.03. The zero-order valence-corrected chi connectivity index (χ0v) is 16.8. The van der Waals surface area contributed by atoms with E-state index in [9.17, 15) is 9.18 Å². The minimum atomic E-state index is -0.870. The molecular formula is C20H20ClFN4O4. The van der Waals surface area contributed by atoms with Crippen LogP contribution in [0.3, 0.4) is 0 Å². The quantitative estimate of drug-likeness (QED) is 0.612. The first-order chi connectivity index (χ1) is 14.6. The van der Waals surface area contributed by atoms with Crippen LogP contribution in [0.2, 0.25) is 5.02 Å². The second-order valence-corrected chi connectivity index (χ2v) is 7.09. The summed E-state index contributed by atoms with van der Waals surface area (Å²) in [7, 11) is 0. The number of ether oxygens (including phenoxy) is 2. The predicted molar refractivity (Wildman–Crippen MR) is 108 cm³/mol. The molecule has 10 heteroatoms. The molecule has 1 aliphatic rings. The summed E-state index contributed by atoms with van der Waals surface area (Å²) in [5.41, 5.74) is -0.0656. The Balaban J connectivity index is 1.41. The average Bonchev–Trinajstić information content (AvgIpc) is 3.10. The van der Waals surface area contributed by atoms with E-state index in [1.165, 1.54) is 12.1 Å². The number of hydrogen-bond donors (Lipinski definition) is 1. The summed E-state index contributed by atoms with van der Waals surface area (Å²) in [6.07, 6.45) is -0.307. The maximum Gasteiger partial charge on any atom is 0.444 e. The van der Waals surface area contributed by atoms with Crippen LogP contribution < -0.4 is 20.5 Å². The van der Waals surface area contributed by atoms with Crippen molar-refractivity contribution in [2.45, 2.75) is 0 Å². The lowest BCUT2D eigenvalue weighted by Gasteiger charge is -2.26. The molecule has 158 valence electrons. The second kappa shape index (κ2) is 9.29. The van der Waals surface area contributed by atoms with Gasteiger partial charge in [0.05, 0.1) is 0 Å². The van der Waals surface area contributed by atoms with E-state index in [4.69, 9.17) is 25.5 Å². The smallest absolute Gasteiger partial charge is 0.444 e. The van der Waals surface area contributed by atoms with Crippen molar-refractivity contribution in [2.24, 2.45) is 0 Å². The Kier molecular flexibility index (Phi) is 6.32. The lowest BCUT2D eigenvalue weighted by molar-refractivity contribution is 0.191. The number of nitrogens with zero attached hydrogens (tertiary/aromatic N) is 3. The molecular weight excluding hydrogens is 415 g/mol. The van der Waals surface area contributed by atoms with Gasteiger partial charge in [0.1, 0.15) is 23.8 Å². The normalized spacial score (nSPS) is 14.6. The topological polar surface area (TPSA) is 81.8 Å². The van der Waals surface area contributed by atoms with Crippen molar-refractivity contribution in [3.05, 3.63) is 63.9 Å². The van der Waals surface area contributed by atoms with Crippen LogP contribution in [0.15, 0.2) is 51.7 Å². The van der Waals surface area contributed by atoms with Gasteiger partial charge in [-0.2, -0.15) is 4.68 Å². The van der Waals surface area contributed by atoms with Gasteiger partial charge in [0.15, 0.2) is 5.82 Å². The minimum Gasteiger partial charge on any atom is -0.492 e. The standard InChI is InChI=1S/C20H20ClFN4O4/c21-14-1-3-15(4-2-14)29-19-24-26(20(27)30-19)18-6-5-16(13-17(18)22)28-12-11-25-9-7-23-8-10-25/h1-6,13,23H,7-12H2. The molecule has 8 nitrogen and oxygen atoms in total. The molecule has 1 saturated heterocycles. The summed E-state index contributed by atoms with van der Waals surface area (Å²) in [4.78, 5) is 14.4. The molecule has 0 atom stereocenters. The Labute approximate surface area is 176 Å². The van der Waals surface area contributed by atoms with Crippen LogP contribution in [0, 0.1) is 5.82 Å². The maximum atomic E-state index is 14.6. The molecule has 0 unspecified atom stereocenters. The van der Waals surface area contributed by atoms with Crippen LogP contribution in [0.5, 0.6) is 17.6 Å². The Bertz CT molecular complexity index is 1050. The lowest BCUT2D eigenvalue weighted by Crippen LogP contribution is -2.44. The van der Waals surface area contributed by atoms with Gasteiger partial charge in [-0.3, -0.25) is 4.90 Å². The highest BCUT2D eigenvalue weighted by Crippen LogP contribution is 2.23. The van der Waals surface area contributed by atoms with Crippen LogP contribution in [0.25, 0.3) is 5.69 Å². The zero-order chi connectivity index (χ0) is 20.9. The number of hydrogen-bond acceptors (Lipinski definition) is 7. The average molecular weight is 435 g/mol. The van der Waals surface area contributed by atoms with Crippen molar-refractivity contribution in [1.82, 2.24) is 20.0 Å². The predicted octanol–water partition coefficient (Wildman–Crippen LogP) is 2.69. The third-order valence-electron chi connectivity index (χ3n) is 4.58. The number of rotatable bonds is 7. The number of nitrogens with one attached hydrogen (secondary N) is 1. The van der Waals surface area contributed by atoms with Gasteiger partial charge in [0, 0.05) is 43.8 Å². The monoisotopic (exact) mass is 434 g/mol. The van der Waals surface area contributed by atoms with Gasteiger partial charge in [-0.05, 0) is 36.4 Å². The molecule has 0 bridgehead atoms. The Morgan fingerprint density at radius 3 is 2.60 bits per heavy atom. The molecule has 0 saturated carbocycles. The first kappa shape index (κ1) is 20.4. The van der Waals surface area contributed by atoms with Gasteiger partial charge in [0.2, 0.25) is 0 Å². The summed E-state index contributed by atoms with van der Waals surface area (Å²) in [5, 5.41) is 7.72. The summed E-state index contributed by atoms with van der Waals surface area (Å²) < 4.78 is 31.3. The largest absolute Gasteiger partial charge is 0.492 e. The molecule has 0 spiro atoms. The molecule has 2 heterocycles. The van der Waals surface area contributed by atoms with Gasteiger partial charge >= 0.3 is 11.8 Å². The third kappa shape index (κ3) is 4.99. The van der Waals surface area contributed by atoms with Gasteiger partial charge in [-0.25, -0.2) is 9.18 Å². The van der Waals surface area contributed by atoms with Crippen LogP contribution in [-0.2, 0) is 0 Å². The van der Waals surface area contributed by atoms with E-state index in [0.29, 0.717) is 23.1 Å². The van der Waals surface area contributed by atoms with Crippen LogP contribution in [0.1, 0.15) is 0 Å². The van der Waals surface area contributed by atoms with E-state index in [0.717, 1.165) is 37.4 Å². The van der Waals surface area contributed by atoms with E-state index in [-0.39, 0.29) is 11.8 Å². The number of benzene rings is 2. The van der Waals surface area contributed by atoms with Crippen LogP contribution in [-0.4, -0.2) is 54.0 Å². The summed E-state index contributed by atoms with van der Waals surface area (Å²) in [5.74, 6) is -0.782. The highest BCUT2D eigenvalue weighted by atomic mass is 35.5. The molecule has 1 aliphatic heterocycles. The molecule has 0 radical (unpaired) electrons. The van der Waals surface area contributed by atoms with Gasteiger partial charge < -0.3 is 19.2 Å². The summed E-state index contributed by atoms with van der Waals surface area (Å²) in [6, 6.07) is 10.6. The van der Waals surface area contributed by atoms with E-state index < -0.39 is 11.6 Å².